The Labute approximate surface area is 482 Å². The van der Waals surface area contributed by atoms with Gasteiger partial charge < -0.3 is 42.6 Å². The van der Waals surface area contributed by atoms with Gasteiger partial charge in [0, 0.05) is 37.5 Å². The number of unbranched alkanes of at least 4 members (excludes halogenated alkanes) is 21. The average Bonchev–Trinajstić information content (AvgIpc) is 3.49. The molecule has 0 unspecified atom stereocenters. The fraction of sp³-hybridized carbons (Fsp3) is 0.545. The second-order valence-electron chi connectivity index (χ2n) is 20.0. The topological polar surface area (TPSA) is 185 Å². The van der Waals surface area contributed by atoms with Crippen molar-refractivity contribution in [3.63, 3.8) is 0 Å². The lowest BCUT2D eigenvalue weighted by molar-refractivity contribution is -0.167. The molecular formula is C66H92O15. The molecule has 0 N–H and O–H groups in total. The third-order valence-electron chi connectivity index (χ3n) is 13.3. The molecule has 81 heavy (non-hydrogen) atoms. The molecule has 3 aromatic rings. The Morgan fingerprint density at radius 3 is 0.852 bits per heavy atom. The summed E-state index contributed by atoms with van der Waals surface area (Å²) in [6, 6.07) is 22.7. The molecule has 15 nitrogen and oxygen atoms in total. The number of ether oxygens (including phenoxy) is 9. The van der Waals surface area contributed by atoms with E-state index < -0.39 is 30.0 Å². The molecule has 0 bridgehead atoms. The van der Waals surface area contributed by atoms with Crippen LogP contribution in [0, 0.1) is 0 Å². The number of esters is 6. The van der Waals surface area contributed by atoms with Crippen molar-refractivity contribution in [2.24, 2.45) is 0 Å². The molecule has 0 amide bonds. The van der Waals surface area contributed by atoms with E-state index in [1.807, 2.05) is 72.8 Å². The first-order valence-corrected chi connectivity index (χ1v) is 29.5. The Morgan fingerprint density at radius 1 is 0.333 bits per heavy atom. The number of carbonyl (C=O) groups excluding carboxylic acids is 6. The quantitative estimate of drug-likeness (QED) is 0.0225. The molecule has 0 aliphatic rings. The molecule has 0 saturated heterocycles. The number of rotatable bonds is 47. The van der Waals surface area contributed by atoms with Crippen molar-refractivity contribution < 1.29 is 71.4 Å². The molecule has 3 aromatic carbocycles. The summed E-state index contributed by atoms with van der Waals surface area (Å²) in [5.41, 5.74) is 2.67. The molecule has 0 spiro atoms. The van der Waals surface area contributed by atoms with E-state index in [0.717, 1.165) is 169 Å². The Bertz CT molecular complexity index is 2160. The normalized spacial score (nSPS) is 11.3. The predicted molar refractivity (Wildman–Crippen MR) is 315 cm³/mol. The van der Waals surface area contributed by atoms with Gasteiger partial charge in [-0.2, -0.15) is 0 Å². The summed E-state index contributed by atoms with van der Waals surface area (Å²) in [7, 11) is 4.04. The van der Waals surface area contributed by atoms with E-state index in [4.69, 9.17) is 28.4 Å². The lowest BCUT2D eigenvalue weighted by atomic mass is 10.1. The monoisotopic (exact) mass is 1120 g/mol. The lowest BCUT2D eigenvalue weighted by Gasteiger charge is -2.18. The zero-order chi connectivity index (χ0) is 58.2. The van der Waals surface area contributed by atoms with Crippen LogP contribution in [0.1, 0.15) is 190 Å². The molecule has 3 rings (SSSR count). The van der Waals surface area contributed by atoms with Gasteiger partial charge in [-0.05, 0) is 110 Å². The largest absolute Gasteiger partial charge is 0.494 e. The fourth-order valence-corrected chi connectivity index (χ4v) is 8.47. The Hall–Kier alpha value is -6.90. The van der Waals surface area contributed by atoms with Crippen molar-refractivity contribution in [2.75, 3.05) is 54.4 Å². The highest BCUT2D eigenvalue weighted by Crippen LogP contribution is 2.19. The van der Waals surface area contributed by atoms with E-state index >= 15 is 0 Å². The summed E-state index contributed by atoms with van der Waals surface area (Å²) < 4.78 is 48.3. The number of hydrogen-bond acceptors (Lipinski definition) is 15. The second-order valence-corrected chi connectivity index (χ2v) is 20.0. The van der Waals surface area contributed by atoms with E-state index in [0.29, 0.717) is 39.1 Å². The number of methoxy groups -OCH3 is 3. The molecule has 0 aliphatic carbocycles. The van der Waals surface area contributed by atoms with E-state index in [2.05, 4.69) is 14.2 Å². The van der Waals surface area contributed by atoms with Crippen molar-refractivity contribution in [3.8, 4) is 17.2 Å². The third kappa shape index (κ3) is 36.9. The van der Waals surface area contributed by atoms with Gasteiger partial charge in [0.25, 0.3) is 0 Å². The highest BCUT2D eigenvalue weighted by molar-refractivity contribution is 5.88. The second kappa shape index (κ2) is 45.8. The first kappa shape index (κ1) is 68.4. The maximum Gasteiger partial charge on any atom is 0.330 e. The minimum absolute atomic E-state index is 0.161. The number of carbonyl (C=O) groups is 6. The Balaban J connectivity index is 1.26. The van der Waals surface area contributed by atoms with Crippen molar-refractivity contribution >= 4 is 54.0 Å². The first-order chi connectivity index (χ1) is 39.6. The van der Waals surface area contributed by atoms with Crippen molar-refractivity contribution in [1.29, 1.82) is 0 Å². The van der Waals surface area contributed by atoms with Gasteiger partial charge in [0.1, 0.15) is 30.5 Å². The Kier molecular flexibility index (Phi) is 38.7. The molecule has 446 valence electrons. The van der Waals surface area contributed by atoms with Crippen LogP contribution >= 0.6 is 0 Å². The smallest absolute Gasteiger partial charge is 0.330 e. The van der Waals surface area contributed by atoms with Crippen LogP contribution in [0.25, 0.3) is 18.2 Å². The van der Waals surface area contributed by atoms with Crippen LogP contribution in [0.15, 0.2) is 91.0 Å². The average molecular weight is 1130 g/mol. The third-order valence-corrected chi connectivity index (χ3v) is 13.3. The summed E-state index contributed by atoms with van der Waals surface area (Å²) in [6.07, 6.45) is 33.1. The van der Waals surface area contributed by atoms with E-state index in [9.17, 15) is 28.8 Å². The zero-order valence-electron chi connectivity index (χ0n) is 48.7. The molecule has 0 atom stereocenters. The summed E-state index contributed by atoms with van der Waals surface area (Å²) in [6.45, 7) is 1.60. The van der Waals surface area contributed by atoms with Crippen LogP contribution in [0.4, 0.5) is 0 Å². The summed E-state index contributed by atoms with van der Waals surface area (Å²) >= 11 is 0. The van der Waals surface area contributed by atoms with Crippen LogP contribution in [-0.2, 0) is 57.2 Å². The van der Waals surface area contributed by atoms with Gasteiger partial charge in [0.2, 0.25) is 0 Å². The van der Waals surface area contributed by atoms with Gasteiger partial charge in [-0.25, -0.2) is 14.4 Å². The lowest BCUT2D eigenvalue weighted by Crippen LogP contribution is -2.30. The van der Waals surface area contributed by atoms with Crippen molar-refractivity contribution in [2.45, 2.75) is 179 Å². The van der Waals surface area contributed by atoms with Gasteiger partial charge in [-0.3, -0.25) is 14.4 Å². The molecule has 0 aliphatic heterocycles. The Morgan fingerprint density at radius 2 is 0.580 bits per heavy atom. The van der Waals surface area contributed by atoms with Crippen molar-refractivity contribution in [3.05, 3.63) is 108 Å². The standard InChI is InChI=1S/C66H92O15/c1-73-61(67)46-37-54-31-40-57(41-32-54)76-49-25-19-13-7-4-10-16-22-28-64(70)79-52-60(81-66(72)30-24-18-12-6-9-15-21-27-51-78-59-44-35-56(36-45-59)39-48-63(69)75-3)53-80-65(71)29-23-17-11-5-8-14-20-26-50-77-58-42-33-55(34-43-58)38-47-62(68)74-2/h31-48,60H,4-30,49-53H2,1-3H3/b46-37+,47-38+,48-39+. The summed E-state index contributed by atoms with van der Waals surface area (Å²) in [4.78, 5) is 72.3. The van der Waals surface area contributed by atoms with Crippen LogP contribution in [-0.4, -0.2) is 96.3 Å². The summed E-state index contributed by atoms with van der Waals surface area (Å²) in [5.74, 6) is 0.0859. The maximum atomic E-state index is 13.0. The van der Waals surface area contributed by atoms with Gasteiger partial charge in [-0.15, -0.1) is 0 Å². The van der Waals surface area contributed by atoms with Gasteiger partial charge in [-0.1, -0.05) is 152 Å². The maximum absolute atomic E-state index is 13.0. The molecule has 0 saturated carbocycles. The van der Waals surface area contributed by atoms with E-state index in [-0.39, 0.29) is 44.4 Å². The van der Waals surface area contributed by atoms with Crippen molar-refractivity contribution in [1.82, 2.24) is 0 Å². The SMILES string of the molecule is COC(=O)/C=C/c1ccc(OCCCCCCCCCCC(=O)OCC(COC(=O)CCCCCCCCCCOc2ccc(/C=C/C(=O)OC)cc2)OC(=O)CCCCCCCCCCOc2ccc(/C=C/C(=O)OC)cc2)cc1. The van der Waals surface area contributed by atoms with E-state index in [1.165, 1.54) is 39.6 Å². The molecule has 0 radical (unpaired) electrons. The number of hydrogen-bond donors (Lipinski definition) is 0. The molecule has 15 heteroatoms. The molecular weight excluding hydrogens is 1030 g/mol. The minimum atomic E-state index is -0.871. The van der Waals surface area contributed by atoms with Gasteiger partial charge >= 0.3 is 35.8 Å². The number of benzene rings is 3. The van der Waals surface area contributed by atoms with Crippen LogP contribution in [0.2, 0.25) is 0 Å². The first-order valence-electron chi connectivity index (χ1n) is 29.5. The van der Waals surface area contributed by atoms with Crippen LogP contribution in [0.3, 0.4) is 0 Å². The molecule has 0 aromatic heterocycles. The van der Waals surface area contributed by atoms with Gasteiger partial charge in [0.15, 0.2) is 6.10 Å². The van der Waals surface area contributed by atoms with Crippen LogP contribution in [0.5, 0.6) is 17.2 Å². The minimum Gasteiger partial charge on any atom is -0.494 e. The van der Waals surface area contributed by atoms with E-state index in [1.54, 1.807) is 18.2 Å². The van der Waals surface area contributed by atoms with Gasteiger partial charge in [0.05, 0.1) is 41.2 Å². The highest BCUT2D eigenvalue weighted by atomic mass is 16.6. The zero-order valence-corrected chi connectivity index (χ0v) is 48.7. The summed E-state index contributed by atoms with van der Waals surface area (Å²) in [5, 5.41) is 0. The fourth-order valence-electron chi connectivity index (χ4n) is 8.47. The predicted octanol–water partition coefficient (Wildman–Crippen LogP) is 14.3. The highest BCUT2D eigenvalue weighted by Gasteiger charge is 2.20. The molecule has 0 heterocycles. The van der Waals surface area contributed by atoms with Crippen LogP contribution < -0.4 is 14.2 Å². The molecule has 0 fully saturated rings.